The van der Waals surface area contributed by atoms with E-state index in [4.69, 9.17) is 0 Å². The number of carbonyl (C=O) groups excluding carboxylic acids is 3. The highest BCUT2D eigenvalue weighted by molar-refractivity contribution is 7.10. The maximum absolute atomic E-state index is 12.7. The molecule has 1 aromatic heterocycles. The van der Waals surface area contributed by atoms with Crippen LogP contribution in [0.1, 0.15) is 37.5 Å². The van der Waals surface area contributed by atoms with Gasteiger partial charge < -0.3 is 10.2 Å². The molecule has 23 heavy (non-hydrogen) atoms. The van der Waals surface area contributed by atoms with Gasteiger partial charge in [0.1, 0.15) is 6.54 Å². The van der Waals surface area contributed by atoms with Crippen LogP contribution in [0.15, 0.2) is 17.5 Å². The molecule has 3 heterocycles. The van der Waals surface area contributed by atoms with Gasteiger partial charge in [0.05, 0.1) is 0 Å². The first-order valence-electron chi connectivity index (χ1n) is 7.98. The second-order valence-corrected chi connectivity index (χ2v) is 7.17. The average molecular weight is 335 g/mol. The largest absolute Gasteiger partial charge is 0.341 e. The summed E-state index contributed by atoms with van der Waals surface area (Å²) in [4.78, 5) is 41.0. The molecule has 0 aromatic carbocycles. The van der Waals surface area contributed by atoms with E-state index >= 15 is 0 Å². The predicted octanol–water partition coefficient (Wildman–Crippen LogP) is 1.92. The minimum absolute atomic E-state index is 0.147. The van der Waals surface area contributed by atoms with E-state index in [0.29, 0.717) is 13.1 Å². The third kappa shape index (κ3) is 2.97. The van der Waals surface area contributed by atoms with E-state index in [2.05, 4.69) is 5.32 Å². The molecule has 2 saturated heterocycles. The third-order valence-electron chi connectivity index (χ3n) is 4.54. The van der Waals surface area contributed by atoms with E-state index in [1.165, 1.54) is 11.3 Å². The summed E-state index contributed by atoms with van der Waals surface area (Å²) in [7, 11) is 0. The average Bonchev–Trinajstić information content (AvgIpc) is 3.02. The quantitative estimate of drug-likeness (QED) is 0.858. The summed E-state index contributed by atoms with van der Waals surface area (Å²) in [6, 6.07) is 3.17. The molecule has 6 nitrogen and oxygen atoms in total. The molecule has 0 radical (unpaired) electrons. The summed E-state index contributed by atoms with van der Waals surface area (Å²) in [5.74, 6) is -0.501. The van der Waals surface area contributed by atoms with Crippen molar-refractivity contribution in [3.63, 3.8) is 0 Å². The second kappa shape index (κ2) is 6.31. The Kier molecular flexibility index (Phi) is 4.39. The molecule has 124 valence electrons. The lowest BCUT2D eigenvalue weighted by molar-refractivity contribution is -0.138. The highest BCUT2D eigenvalue weighted by atomic mass is 32.1. The van der Waals surface area contributed by atoms with Gasteiger partial charge in [0.25, 0.3) is 5.91 Å². The van der Waals surface area contributed by atoms with Crippen molar-refractivity contribution in [1.82, 2.24) is 15.1 Å². The zero-order valence-corrected chi connectivity index (χ0v) is 14.0. The first kappa shape index (κ1) is 16.0. The molecule has 0 bridgehead atoms. The molecular formula is C16H21N3O3S. The molecule has 4 amide bonds. The van der Waals surface area contributed by atoms with E-state index < -0.39 is 11.6 Å². The van der Waals surface area contributed by atoms with Crippen LogP contribution in [0.4, 0.5) is 4.79 Å². The van der Waals surface area contributed by atoms with Gasteiger partial charge in [0.15, 0.2) is 5.54 Å². The molecule has 1 N–H and O–H groups in total. The minimum atomic E-state index is -1.07. The Balaban J connectivity index is 1.72. The monoisotopic (exact) mass is 335 g/mol. The van der Waals surface area contributed by atoms with Gasteiger partial charge in [-0.3, -0.25) is 14.5 Å². The number of carbonyl (C=O) groups is 3. The maximum atomic E-state index is 12.7. The van der Waals surface area contributed by atoms with Crippen molar-refractivity contribution >= 4 is 29.2 Å². The Hall–Kier alpha value is -1.89. The van der Waals surface area contributed by atoms with Crippen LogP contribution in [-0.4, -0.2) is 47.3 Å². The lowest BCUT2D eigenvalue weighted by Crippen LogP contribution is -2.44. The van der Waals surface area contributed by atoms with Gasteiger partial charge in [0.2, 0.25) is 5.91 Å². The first-order valence-corrected chi connectivity index (χ1v) is 8.86. The minimum Gasteiger partial charge on any atom is -0.341 e. The molecule has 2 aliphatic rings. The molecule has 1 aromatic rings. The molecule has 3 rings (SSSR count). The molecule has 2 fully saturated rings. The Morgan fingerprint density at radius 1 is 1.26 bits per heavy atom. The van der Waals surface area contributed by atoms with Crippen LogP contribution in [0.25, 0.3) is 0 Å². The Morgan fingerprint density at radius 3 is 2.57 bits per heavy atom. The van der Waals surface area contributed by atoms with Crippen LogP contribution in [0.5, 0.6) is 0 Å². The molecule has 0 spiro atoms. The van der Waals surface area contributed by atoms with Gasteiger partial charge in [-0.15, -0.1) is 11.3 Å². The van der Waals surface area contributed by atoms with Gasteiger partial charge in [-0.25, -0.2) is 4.79 Å². The molecule has 1 atom stereocenters. The topological polar surface area (TPSA) is 69.7 Å². The molecule has 2 aliphatic heterocycles. The van der Waals surface area contributed by atoms with E-state index in [-0.39, 0.29) is 18.4 Å². The number of thiophene rings is 1. The van der Waals surface area contributed by atoms with Gasteiger partial charge >= 0.3 is 6.03 Å². The number of imide groups is 1. The van der Waals surface area contributed by atoms with Crippen LogP contribution in [-0.2, 0) is 15.1 Å². The number of hydrogen-bond acceptors (Lipinski definition) is 4. The number of urea groups is 1. The van der Waals surface area contributed by atoms with Crippen molar-refractivity contribution in [2.24, 2.45) is 0 Å². The second-order valence-electron chi connectivity index (χ2n) is 6.22. The van der Waals surface area contributed by atoms with Crippen molar-refractivity contribution in [2.45, 2.75) is 38.1 Å². The smallest absolute Gasteiger partial charge is 0.325 e. The van der Waals surface area contributed by atoms with Crippen molar-refractivity contribution in [2.75, 3.05) is 19.6 Å². The Morgan fingerprint density at radius 2 is 1.96 bits per heavy atom. The van der Waals surface area contributed by atoms with Gasteiger partial charge in [-0.1, -0.05) is 18.9 Å². The summed E-state index contributed by atoms with van der Waals surface area (Å²) in [5, 5.41) is 4.60. The molecular weight excluding hydrogens is 314 g/mol. The molecule has 1 unspecified atom stereocenters. The normalized spacial score (nSPS) is 25.4. The zero-order chi connectivity index (χ0) is 16.4. The molecule has 7 heteroatoms. The number of hydrogen-bond donors (Lipinski definition) is 1. The van der Waals surface area contributed by atoms with Gasteiger partial charge in [-0.05, 0) is 31.2 Å². The fourth-order valence-electron chi connectivity index (χ4n) is 3.13. The highest BCUT2D eigenvalue weighted by Crippen LogP contribution is 2.31. The number of rotatable bonds is 3. The van der Waals surface area contributed by atoms with Crippen LogP contribution in [0.2, 0.25) is 0 Å². The summed E-state index contributed by atoms with van der Waals surface area (Å²) in [6.45, 7) is 2.94. The van der Waals surface area contributed by atoms with Gasteiger partial charge in [0, 0.05) is 18.0 Å². The predicted molar refractivity (Wildman–Crippen MR) is 87.0 cm³/mol. The van der Waals surface area contributed by atoms with E-state index in [1.807, 2.05) is 17.5 Å². The number of nitrogens with zero attached hydrogens (tertiary/aromatic N) is 2. The summed E-state index contributed by atoms with van der Waals surface area (Å²) in [5.41, 5.74) is -1.07. The Bertz CT molecular complexity index is 608. The van der Waals surface area contributed by atoms with Crippen molar-refractivity contribution < 1.29 is 14.4 Å². The maximum Gasteiger partial charge on any atom is 0.325 e. The van der Waals surface area contributed by atoms with Crippen LogP contribution in [0.3, 0.4) is 0 Å². The fourth-order valence-corrected chi connectivity index (χ4v) is 3.96. The fraction of sp³-hybridized carbons (Fsp3) is 0.562. The molecule has 0 aliphatic carbocycles. The molecule has 0 saturated carbocycles. The number of nitrogens with one attached hydrogen (secondary N) is 1. The van der Waals surface area contributed by atoms with Crippen molar-refractivity contribution in [1.29, 1.82) is 0 Å². The lowest BCUT2D eigenvalue weighted by Gasteiger charge is -2.23. The Labute approximate surface area is 139 Å². The SMILES string of the molecule is CC1(c2cccs2)NC(=O)N(CC(=O)N2CCCCCC2)C1=O. The van der Waals surface area contributed by atoms with Gasteiger partial charge in [-0.2, -0.15) is 0 Å². The van der Waals surface area contributed by atoms with E-state index in [1.54, 1.807) is 11.8 Å². The van der Waals surface area contributed by atoms with Crippen molar-refractivity contribution in [3.8, 4) is 0 Å². The number of amides is 4. The standard InChI is InChI=1S/C16H21N3O3S/c1-16(12-7-6-10-23-12)14(21)19(15(22)17-16)11-13(20)18-8-4-2-3-5-9-18/h6-7,10H,2-5,8-9,11H2,1H3,(H,17,22). The van der Waals surface area contributed by atoms with Crippen molar-refractivity contribution in [3.05, 3.63) is 22.4 Å². The summed E-state index contributed by atoms with van der Waals surface area (Å²) in [6.07, 6.45) is 4.23. The van der Waals surface area contributed by atoms with Crippen LogP contribution in [0, 0.1) is 0 Å². The highest BCUT2D eigenvalue weighted by Gasteiger charge is 2.50. The third-order valence-corrected chi connectivity index (χ3v) is 5.63. The number of likely N-dealkylation sites (tertiary alicyclic amines) is 1. The van der Waals surface area contributed by atoms with Crippen LogP contribution < -0.4 is 5.32 Å². The first-order chi connectivity index (χ1) is 11.0. The van der Waals surface area contributed by atoms with Crippen LogP contribution >= 0.6 is 11.3 Å². The lowest BCUT2D eigenvalue weighted by atomic mass is 10.0. The van der Waals surface area contributed by atoms with E-state index in [0.717, 1.165) is 35.5 Å². The summed E-state index contributed by atoms with van der Waals surface area (Å²) >= 11 is 1.42. The summed E-state index contributed by atoms with van der Waals surface area (Å²) < 4.78 is 0. The zero-order valence-electron chi connectivity index (χ0n) is 13.2. The van der Waals surface area contributed by atoms with E-state index in [9.17, 15) is 14.4 Å².